The molecule has 0 radical (unpaired) electrons. The number of carbonyl (C=O) groups excluding carboxylic acids is 2. The largest absolute Gasteiger partial charge is 0.465 e. The van der Waals surface area contributed by atoms with Gasteiger partial charge in [-0.2, -0.15) is 0 Å². The zero-order chi connectivity index (χ0) is 15.0. The minimum atomic E-state index is -0.620. The van der Waals surface area contributed by atoms with Crippen LogP contribution in [0.25, 0.3) is 0 Å². The highest BCUT2D eigenvalue weighted by Gasteiger charge is 2.22. The minimum Gasteiger partial charge on any atom is -0.465 e. The number of rotatable bonds is 7. The Labute approximate surface area is 119 Å². The van der Waals surface area contributed by atoms with E-state index in [2.05, 4.69) is 5.32 Å². The van der Waals surface area contributed by atoms with Gasteiger partial charge in [-0.25, -0.2) is 4.79 Å². The predicted molar refractivity (Wildman–Crippen MR) is 77.1 cm³/mol. The Kier molecular flexibility index (Phi) is 6.73. The third-order valence-electron chi connectivity index (χ3n) is 3.01. The Morgan fingerprint density at radius 1 is 1.25 bits per heavy atom. The molecule has 1 atom stereocenters. The van der Waals surface area contributed by atoms with Crippen molar-refractivity contribution in [1.82, 2.24) is 10.2 Å². The van der Waals surface area contributed by atoms with Crippen LogP contribution in [0.5, 0.6) is 0 Å². The summed E-state index contributed by atoms with van der Waals surface area (Å²) >= 11 is 0. The first kappa shape index (κ1) is 16.2. The molecule has 0 spiro atoms. The molecule has 20 heavy (non-hydrogen) atoms. The molecular weight excluding hydrogens is 256 g/mol. The Bertz CT molecular complexity index is 434. The summed E-state index contributed by atoms with van der Waals surface area (Å²) in [6, 6.07) is 8.63. The van der Waals surface area contributed by atoms with Gasteiger partial charge in [-0.15, -0.1) is 0 Å². The SMILES string of the molecule is CCOC(=O)C(NCC(=O)N(C)CC)c1ccccc1. The molecular formula is C15H22N2O3. The molecule has 1 unspecified atom stereocenters. The van der Waals surface area contributed by atoms with Crippen molar-refractivity contribution in [3.63, 3.8) is 0 Å². The number of carbonyl (C=O) groups is 2. The number of benzene rings is 1. The summed E-state index contributed by atoms with van der Waals surface area (Å²) in [5, 5.41) is 2.97. The molecule has 5 nitrogen and oxygen atoms in total. The maximum atomic E-state index is 12.0. The fourth-order valence-corrected chi connectivity index (χ4v) is 1.71. The Balaban J connectivity index is 2.74. The molecule has 1 aromatic carbocycles. The maximum absolute atomic E-state index is 12.0. The lowest BCUT2D eigenvalue weighted by molar-refractivity contribution is -0.146. The number of nitrogens with one attached hydrogen (secondary N) is 1. The molecule has 0 bridgehead atoms. The molecule has 0 aliphatic rings. The molecule has 0 fully saturated rings. The summed E-state index contributed by atoms with van der Waals surface area (Å²) in [5.74, 6) is -0.427. The van der Waals surface area contributed by atoms with Crippen LogP contribution >= 0.6 is 0 Å². The van der Waals surface area contributed by atoms with Crippen LogP contribution in [0.2, 0.25) is 0 Å². The fraction of sp³-hybridized carbons (Fsp3) is 0.467. The van der Waals surface area contributed by atoms with Gasteiger partial charge in [0.15, 0.2) is 0 Å². The Hall–Kier alpha value is -1.88. The quantitative estimate of drug-likeness (QED) is 0.765. The van der Waals surface area contributed by atoms with Gasteiger partial charge in [-0.05, 0) is 19.4 Å². The van der Waals surface area contributed by atoms with Crippen LogP contribution in [0.15, 0.2) is 30.3 Å². The van der Waals surface area contributed by atoms with E-state index < -0.39 is 6.04 Å². The van der Waals surface area contributed by atoms with Crippen molar-refractivity contribution >= 4 is 11.9 Å². The third kappa shape index (κ3) is 4.66. The monoisotopic (exact) mass is 278 g/mol. The first-order chi connectivity index (χ1) is 9.60. The maximum Gasteiger partial charge on any atom is 0.327 e. The number of amides is 1. The van der Waals surface area contributed by atoms with E-state index in [1.54, 1.807) is 18.9 Å². The van der Waals surface area contributed by atoms with Gasteiger partial charge in [0, 0.05) is 13.6 Å². The normalized spacial score (nSPS) is 11.8. The average Bonchev–Trinajstić information content (AvgIpc) is 2.47. The molecule has 1 rings (SSSR count). The molecule has 1 N–H and O–H groups in total. The molecule has 1 aromatic rings. The number of nitrogens with zero attached hydrogens (tertiary/aromatic N) is 1. The van der Waals surface area contributed by atoms with E-state index in [-0.39, 0.29) is 18.4 Å². The summed E-state index contributed by atoms with van der Waals surface area (Å²) in [5.41, 5.74) is 0.790. The van der Waals surface area contributed by atoms with Crippen LogP contribution in [0, 0.1) is 0 Å². The van der Waals surface area contributed by atoms with Crippen LogP contribution in [0.1, 0.15) is 25.5 Å². The number of esters is 1. The van der Waals surface area contributed by atoms with Crippen LogP contribution < -0.4 is 5.32 Å². The van der Waals surface area contributed by atoms with E-state index in [1.165, 1.54) is 0 Å². The molecule has 0 saturated heterocycles. The van der Waals surface area contributed by atoms with Gasteiger partial charge in [-0.1, -0.05) is 30.3 Å². The molecule has 5 heteroatoms. The summed E-state index contributed by atoms with van der Waals surface area (Å²) < 4.78 is 5.05. The van der Waals surface area contributed by atoms with E-state index in [0.29, 0.717) is 13.2 Å². The van der Waals surface area contributed by atoms with Crippen molar-refractivity contribution in [2.24, 2.45) is 0 Å². The third-order valence-corrected chi connectivity index (χ3v) is 3.01. The lowest BCUT2D eigenvalue weighted by Crippen LogP contribution is -2.39. The zero-order valence-corrected chi connectivity index (χ0v) is 12.3. The van der Waals surface area contributed by atoms with Gasteiger partial charge in [0.2, 0.25) is 5.91 Å². The highest BCUT2D eigenvalue weighted by atomic mass is 16.5. The molecule has 0 heterocycles. The first-order valence-corrected chi connectivity index (χ1v) is 6.79. The molecule has 110 valence electrons. The number of likely N-dealkylation sites (N-methyl/N-ethyl adjacent to an activating group) is 1. The van der Waals surface area contributed by atoms with E-state index in [9.17, 15) is 9.59 Å². The predicted octanol–water partition coefficient (Wildman–Crippen LogP) is 1.36. The van der Waals surface area contributed by atoms with E-state index in [0.717, 1.165) is 5.56 Å². The van der Waals surface area contributed by atoms with Crippen molar-refractivity contribution in [2.75, 3.05) is 26.7 Å². The first-order valence-electron chi connectivity index (χ1n) is 6.79. The van der Waals surface area contributed by atoms with Crippen molar-refractivity contribution in [2.45, 2.75) is 19.9 Å². The van der Waals surface area contributed by atoms with E-state index >= 15 is 0 Å². The summed E-state index contributed by atoms with van der Waals surface area (Å²) in [4.78, 5) is 25.4. The van der Waals surface area contributed by atoms with Crippen molar-refractivity contribution in [3.8, 4) is 0 Å². The molecule has 0 aromatic heterocycles. The molecule has 1 amide bonds. The summed E-state index contributed by atoms with van der Waals surface area (Å²) in [6.07, 6.45) is 0. The minimum absolute atomic E-state index is 0.0577. The summed E-state index contributed by atoms with van der Waals surface area (Å²) in [6.45, 7) is 4.71. The smallest absolute Gasteiger partial charge is 0.327 e. The molecule has 0 aliphatic carbocycles. The topological polar surface area (TPSA) is 58.6 Å². The van der Waals surface area contributed by atoms with Gasteiger partial charge in [0.05, 0.1) is 13.2 Å². The van der Waals surface area contributed by atoms with Gasteiger partial charge in [0.25, 0.3) is 0 Å². The number of hydrogen-bond acceptors (Lipinski definition) is 4. The van der Waals surface area contributed by atoms with Crippen molar-refractivity contribution < 1.29 is 14.3 Å². The van der Waals surface area contributed by atoms with Gasteiger partial charge in [-0.3, -0.25) is 10.1 Å². The zero-order valence-electron chi connectivity index (χ0n) is 12.3. The van der Waals surface area contributed by atoms with E-state index in [1.807, 2.05) is 37.3 Å². The number of hydrogen-bond donors (Lipinski definition) is 1. The van der Waals surface area contributed by atoms with Crippen molar-refractivity contribution in [3.05, 3.63) is 35.9 Å². The second-order valence-electron chi connectivity index (χ2n) is 4.38. The van der Waals surface area contributed by atoms with E-state index in [4.69, 9.17) is 4.74 Å². The second-order valence-corrected chi connectivity index (χ2v) is 4.38. The highest BCUT2D eigenvalue weighted by molar-refractivity contribution is 5.81. The van der Waals surface area contributed by atoms with Gasteiger partial charge >= 0.3 is 5.97 Å². The summed E-state index contributed by atoms with van der Waals surface area (Å²) in [7, 11) is 1.73. The lowest BCUT2D eigenvalue weighted by atomic mass is 10.1. The Morgan fingerprint density at radius 3 is 2.45 bits per heavy atom. The van der Waals surface area contributed by atoms with Crippen molar-refractivity contribution in [1.29, 1.82) is 0 Å². The van der Waals surface area contributed by atoms with Gasteiger partial charge < -0.3 is 9.64 Å². The fourth-order valence-electron chi connectivity index (χ4n) is 1.71. The Morgan fingerprint density at radius 2 is 1.90 bits per heavy atom. The molecule has 0 aliphatic heterocycles. The van der Waals surface area contributed by atoms with Crippen LogP contribution in [-0.4, -0.2) is 43.5 Å². The van der Waals surface area contributed by atoms with Crippen LogP contribution in [0.4, 0.5) is 0 Å². The molecule has 0 saturated carbocycles. The lowest BCUT2D eigenvalue weighted by Gasteiger charge is -2.20. The van der Waals surface area contributed by atoms with Gasteiger partial charge in [0.1, 0.15) is 6.04 Å². The van der Waals surface area contributed by atoms with Crippen LogP contribution in [-0.2, 0) is 14.3 Å². The number of ether oxygens (including phenoxy) is 1. The standard InChI is InChI=1S/C15H22N2O3/c1-4-17(3)13(18)11-16-14(15(19)20-5-2)12-9-7-6-8-10-12/h6-10,14,16H,4-5,11H2,1-3H3. The average molecular weight is 278 g/mol. The highest BCUT2D eigenvalue weighted by Crippen LogP contribution is 2.14. The second kappa shape index (κ2) is 8.32. The van der Waals surface area contributed by atoms with Crippen LogP contribution in [0.3, 0.4) is 0 Å².